The van der Waals surface area contributed by atoms with E-state index < -0.39 is 16.0 Å². The van der Waals surface area contributed by atoms with Crippen LogP contribution >= 0.6 is 23.1 Å². The van der Waals surface area contributed by atoms with Gasteiger partial charge in [0, 0.05) is 21.9 Å². The molecule has 2 aliphatic rings. The zero-order chi connectivity index (χ0) is 21.6. The maximum absolute atomic E-state index is 12.9. The van der Waals surface area contributed by atoms with Crippen molar-refractivity contribution in [3.63, 3.8) is 0 Å². The number of esters is 1. The number of thiophene rings is 1. The molecule has 2 aromatic rings. The van der Waals surface area contributed by atoms with Crippen LogP contribution in [0.3, 0.4) is 0 Å². The molecular formula is C19H19N3O5S3. The van der Waals surface area contributed by atoms with E-state index in [9.17, 15) is 18.0 Å². The van der Waals surface area contributed by atoms with E-state index in [0.29, 0.717) is 27.8 Å². The van der Waals surface area contributed by atoms with E-state index >= 15 is 0 Å². The summed E-state index contributed by atoms with van der Waals surface area (Å²) in [7, 11) is -3.44. The fourth-order valence-corrected chi connectivity index (χ4v) is 6.55. The molecule has 158 valence electrons. The van der Waals surface area contributed by atoms with Crippen LogP contribution in [0.5, 0.6) is 0 Å². The van der Waals surface area contributed by atoms with Crippen LogP contribution in [0.25, 0.3) is 0 Å². The number of amides is 1. The number of aryl methyl sites for hydroxylation is 1. The van der Waals surface area contributed by atoms with Crippen molar-refractivity contribution in [2.75, 3.05) is 29.1 Å². The van der Waals surface area contributed by atoms with Gasteiger partial charge in [0.05, 0.1) is 23.6 Å². The number of thioether (sulfide) groups is 1. The van der Waals surface area contributed by atoms with Crippen molar-refractivity contribution in [3.05, 3.63) is 39.8 Å². The lowest BCUT2D eigenvalue weighted by atomic mass is 10.1. The molecule has 1 amide bonds. The molecule has 3 heterocycles. The molecule has 1 N–H and O–H groups in total. The first-order valence-electron chi connectivity index (χ1n) is 9.20. The lowest BCUT2D eigenvalue weighted by Crippen LogP contribution is -2.35. The Morgan fingerprint density at radius 2 is 2.07 bits per heavy atom. The minimum atomic E-state index is -3.44. The van der Waals surface area contributed by atoms with Gasteiger partial charge in [-0.3, -0.25) is 4.79 Å². The number of carbonyl (C=O) groups is 2. The van der Waals surface area contributed by atoms with Crippen molar-refractivity contribution in [3.8, 4) is 0 Å². The largest absolute Gasteiger partial charge is 0.462 e. The fourth-order valence-electron chi connectivity index (χ4n) is 3.21. The molecule has 0 spiro atoms. The first kappa shape index (κ1) is 20.9. The van der Waals surface area contributed by atoms with Crippen LogP contribution in [0.15, 0.2) is 27.5 Å². The van der Waals surface area contributed by atoms with Gasteiger partial charge in [-0.1, -0.05) is 0 Å². The van der Waals surface area contributed by atoms with Crippen LogP contribution in [-0.4, -0.2) is 44.4 Å². The molecule has 0 unspecified atom stereocenters. The number of carbonyl (C=O) groups excluding carboxylic acids is 2. The summed E-state index contributed by atoms with van der Waals surface area (Å²) in [5.74, 6) is -0.855. The molecule has 0 aliphatic carbocycles. The van der Waals surface area contributed by atoms with E-state index in [2.05, 4.69) is 9.71 Å². The third-order valence-electron chi connectivity index (χ3n) is 4.83. The van der Waals surface area contributed by atoms with Crippen LogP contribution in [0.2, 0.25) is 0 Å². The van der Waals surface area contributed by atoms with Gasteiger partial charge >= 0.3 is 5.97 Å². The minimum Gasteiger partial charge on any atom is -0.462 e. The number of hydrogen-bond donors (Lipinski definition) is 1. The van der Waals surface area contributed by atoms with Crippen molar-refractivity contribution in [2.24, 2.45) is 4.40 Å². The van der Waals surface area contributed by atoms with Crippen LogP contribution in [-0.2, 0) is 14.8 Å². The van der Waals surface area contributed by atoms with Gasteiger partial charge in [0.15, 0.2) is 5.17 Å². The van der Waals surface area contributed by atoms with Crippen molar-refractivity contribution >= 4 is 60.9 Å². The van der Waals surface area contributed by atoms with Gasteiger partial charge < -0.3 is 15.0 Å². The molecule has 1 aromatic carbocycles. The predicted octanol–water partition coefficient (Wildman–Crippen LogP) is 3.41. The molecule has 30 heavy (non-hydrogen) atoms. The Morgan fingerprint density at radius 3 is 2.80 bits per heavy atom. The van der Waals surface area contributed by atoms with Crippen molar-refractivity contribution < 1.29 is 22.7 Å². The van der Waals surface area contributed by atoms with Gasteiger partial charge in [-0.05, 0) is 56.3 Å². The molecule has 0 saturated heterocycles. The lowest BCUT2D eigenvalue weighted by molar-refractivity contribution is 0.0527. The highest BCUT2D eigenvalue weighted by atomic mass is 32.2. The summed E-state index contributed by atoms with van der Waals surface area (Å²) >= 11 is 2.55. The summed E-state index contributed by atoms with van der Waals surface area (Å²) in [5.41, 5.74) is 2.40. The maximum atomic E-state index is 12.9. The average molecular weight is 466 g/mol. The summed E-state index contributed by atoms with van der Waals surface area (Å²) in [6.07, 6.45) is 0. The highest BCUT2D eigenvalue weighted by Crippen LogP contribution is 2.42. The minimum absolute atomic E-state index is 0.0353. The molecule has 4 rings (SSSR count). The molecule has 0 fully saturated rings. The second kappa shape index (κ2) is 7.71. The number of nitrogens with one attached hydrogen (secondary N) is 1. The van der Waals surface area contributed by atoms with Crippen LogP contribution in [0, 0.1) is 13.8 Å². The van der Waals surface area contributed by atoms with Gasteiger partial charge in [0.1, 0.15) is 5.00 Å². The number of nitrogens with zero attached hydrogens (tertiary/aromatic N) is 2. The highest BCUT2D eigenvalue weighted by molar-refractivity contribution is 8.15. The number of ether oxygens (including phenoxy) is 1. The summed E-state index contributed by atoms with van der Waals surface area (Å²) in [5, 5.41) is 3.68. The van der Waals surface area contributed by atoms with Gasteiger partial charge in [-0.2, -0.15) is 0 Å². The highest BCUT2D eigenvalue weighted by Gasteiger charge is 2.33. The zero-order valence-corrected chi connectivity index (χ0v) is 19.0. The Balaban J connectivity index is 1.60. The Hall–Kier alpha value is -2.37. The molecule has 0 atom stereocenters. The first-order valence-corrected chi connectivity index (χ1v) is 12.4. The topological polar surface area (TPSA) is 105 Å². The van der Waals surface area contributed by atoms with Crippen molar-refractivity contribution in [1.82, 2.24) is 0 Å². The van der Waals surface area contributed by atoms with E-state index in [4.69, 9.17) is 4.74 Å². The SMILES string of the molecule is CCOC(=O)c1c(NC(=O)c2ccc3c(c2)SC2=NS(=O)(=O)CCN23)sc(C)c1C. The van der Waals surface area contributed by atoms with Crippen LogP contribution in [0.1, 0.15) is 38.1 Å². The number of hydrogen-bond acceptors (Lipinski definition) is 8. The summed E-state index contributed by atoms with van der Waals surface area (Å²) < 4.78 is 32.5. The number of amidine groups is 1. The van der Waals surface area contributed by atoms with Crippen LogP contribution < -0.4 is 10.2 Å². The first-order chi connectivity index (χ1) is 14.2. The molecule has 8 nitrogen and oxygen atoms in total. The van der Waals surface area contributed by atoms with E-state index in [1.54, 1.807) is 25.1 Å². The van der Waals surface area contributed by atoms with Crippen molar-refractivity contribution in [1.29, 1.82) is 0 Å². The summed E-state index contributed by atoms with van der Waals surface area (Å²) in [6, 6.07) is 5.17. The molecule has 0 radical (unpaired) electrons. The summed E-state index contributed by atoms with van der Waals surface area (Å²) in [4.78, 5) is 28.7. The number of rotatable bonds is 4. The predicted molar refractivity (Wildman–Crippen MR) is 119 cm³/mol. The van der Waals surface area contributed by atoms with Gasteiger partial charge in [-0.15, -0.1) is 15.7 Å². The Bertz CT molecular complexity index is 1200. The normalized spacial score (nSPS) is 16.5. The standard InChI is InChI=1S/C19H19N3O5S3/c1-4-27-18(24)15-10(2)11(3)28-17(15)20-16(23)12-5-6-13-14(9-12)29-19-21-30(25,26)8-7-22(13)19/h5-6,9H,4,7-8H2,1-3H3,(H,20,23). The smallest absolute Gasteiger partial charge is 0.341 e. The quantitative estimate of drug-likeness (QED) is 0.690. The second-order valence-electron chi connectivity index (χ2n) is 6.76. The number of benzene rings is 1. The third kappa shape index (κ3) is 3.72. The molecule has 1 aromatic heterocycles. The Labute approximate surface area is 182 Å². The van der Waals surface area contributed by atoms with Gasteiger partial charge in [0.2, 0.25) is 0 Å². The molecule has 11 heteroatoms. The zero-order valence-electron chi connectivity index (χ0n) is 16.5. The van der Waals surface area contributed by atoms with Gasteiger partial charge in [-0.25, -0.2) is 13.2 Å². The number of sulfonamides is 1. The second-order valence-corrected chi connectivity index (χ2v) is 10.7. The van der Waals surface area contributed by atoms with E-state index in [0.717, 1.165) is 21.0 Å². The molecular weight excluding hydrogens is 446 g/mol. The summed E-state index contributed by atoms with van der Waals surface area (Å²) in [6.45, 7) is 6.03. The van der Waals surface area contributed by atoms with Crippen LogP contribution in [0.4, 0.5) is 10.7 Å². The lowest BCUT2D eigenvalue weighted by Gasteiger charge is -2.22. The Kier molecular flexibility index (Phi) is 5.37. The molecule has 0 saturated carbocycles. The average Bonchev–Trinajstić information content (AvgIpc) is 3.16. The molecule has 2 aliphatic heterocycles. The number of fused-ring (bicyclic) bond motifs is 3. The van der Waals surface area contributed by atoms with E-state index in [-0.39, 0.29) is 18.3 Å². The molecule has 0 bridgehead atoms. The van der Waals surface area contributed by atoms with E-state index in [1.165, 1.54) is 23.1 Å². The Morgan fingerprint density at radius 1 is 1.30 bits per heavy atom. The third-order valence-corrected chi connectivity index (χ3v) is 8.26. The number of anilines is 2. The monoisotopic (exact) mass is 465 g/mol. The van der Waals surface area contributed by atoms with Crippen molar-refractivity contribution in [2.45, 2.75) is 25.7 Å². The van der Waals surface area contributed by atoms with E-state index in [1.807, 2.05) is 18.7 Å². The van der Waals surface area contributed by atoms with Gasteiger partial charge in [0.25, 0.3) is 15.9 Å². The fraction of sp³-hybridized carbons (Fsp3) is 0.316. The maximum Gasteiger partial charge on any atom is 0.341 e.